The molecule has 25 heavy (non-hydrogen) atoms. The molecule has 0 fully saturated rings. The van der Waals surface area contributed by atoms with Crippen LogP contribution in [0.15, 0.2) is 59.7 Å². The summed E-state index contributed by atoms with van der Waals surface area (Å²) < 4.78 is 5.41. The summed E-state index contributed by atoms with van der Waals surface area (Å²) in [6.07, 6.45) is 0. The van der Waals surface area contributed by atoms with Gasteiger partial charge in [0.25, 0.3) is 5.91 Å². The normalized spacial score (nSPS) is 19.7. The second kappa shape index (κ2) is 6.51. The summed E-state index contributed by atoms with van der Waals surface area (Å²) in [6, 6.07) is 16.3. The lowest BCUT2D eigenvalue weighted by atomic mass is 9.78. The maximum Gasteiger partial charge on any atom is 0.259 e. The highest BCUT2D eigenvalue weighted by molar-refractivity contribution is 6.17. The maximum absolute atomic E-state index is 13.1. The topological polar surface area (TPSA) is 59.0 Å². The molecule has 0 spiro atoms. The quantitative estimate of drug-likeness (QED) is 0.789. The lowest BCUT2D eigenvalue weighted by molar-refractivity contribution is -0.132. The third-order valence-corrected chi connectivity index (χ3v) is 4.69. The second-order valence-electron chi connectivity index (χ2n) is 6.16. The first-order valence-corrected chi connectivity index (χ1v) is 8.08. The lowest BCUT2D eigenvalue weighted by Crippen LogP contribution is -2.42. The number of carbonyl (C=O) groups excluding carboxylic acids is 2. The van der Waals surface area contributed by atoms with Gasteiger partial charge in [-0.25, -0.2) is 5.01 Å². The summed E-state index contributed by atoms with van der Waals surface area (Å²) in [7, 11) is 1.57. The van der Waals surface area contributed by atoms with Crippen molar-refractivity contribution in [1.82, 2.24) is 5.01 Å². The molecule has 5 heteroatoms. The Morgan fingerprint density at radius 2 is 1.76 bits per heavy atom. The molecule has 1 unspecified atom stereocenters. The van der Waals surface area contributed by atoms with Crippen molar-refractivity contribution < 1.29 is 14.3 Å². The minimum atomic E-state index is -0.941. The lowest BCUT2D eigenvalue weighted by Gasteiger charge is -2.25. The van der Waals surface area contributed by atoms with E-state index in [9.17, 15) is 9.59 Å². The van der Waals surface area contributed by atoms with E-state index in [1.54, 1.807) is 38.3 Å². The van der Waals surface area contributed by atoms with Gasteiger partial charge in [0.15, 0.2) is 5.78 Å². The number of benzene rings is 2. The van der Waals surface area contributed by atoms with Gasteiger partial charge in [0.2, 0.25) is 0 Å². The van der Waals surface area contributed by atoms with Gasteiger partial charge < -0.3 is 4.74 Å². The van der Waals surface area contributed by atoms with Crippen LogP contribution < -0.4 is 4.74 Å². The maximum atomic E-state index is 13.1. The molecule has 0 aliphatic carbocycles. The Kier molecular flexibility index (Phi) is 4.40. The largest absolute Gasteiger partial charge is 0.496 e. The third kappa shape index (κ3) is 2.82. The van der Waals surface area contributed by atoms with Crippen molar-refractivity contribution in [1.29, 1.82) is 0 Å². The van der Waals surface area contributed by atoms with E-state index >= 15 is 0 Å². The van der Waals surface area contributed by atoms with Gasteiger partial charge in [-0.2, -0.15) is 5.10 Å². The summed E-state index contributed by atoms with van der Waals surface area (Å²) in [5, 5.41) is 5.63. The van der Waals surface area contributed by atoms with Crippen LogP contribution in [0.4, 0.5) is 0 Å². The third-order valence-electron chi connectivity index (χ3n) is 4.69. The fourth-order valence-corrected chi connectivity index (χ4v) is 3.07. The fraction of sp³-hybridized carbons (Fsp3) is 0.250. The van der Waals surface area contributed by atoms with Crippen molar-refractivity contribution in [3.05, 3.63) is 65.7 Å². The predicted molar refractivity (Wildman–Crippen MR) is 95.9 cm³/mol. The highest BCUT2D eigenvalue weighted by Crippen LogP contribution is 2.38. The van der Waals surface area contributed by atoms with E-state index in [0.29, 0.717) is 17.0 Å². The summed E-state index contributed by atoms with van der Waals surface area (Å²) >= 11 is 0. The molecule has 0 aromatic heterocycles. The van der Waals surface area contributed by atoms with Gasteiger partial charge in [0.05, 0.1) is 12.8 Å². The molecule has 0 bridgehead atoms. The number of Topliss-reactive ketones (excluding diaryl/α,β-unsaturated/α-hetero) is 1. The van der Waals surface area contributed by atoms with Gasteiger partial charge in [0.1, 0.15) is 17.7 Å². The van der Waals surface area contributed by atoms with Crippen LogP contribution in [-0.2, 0) is 10.2 Å². The second-order valence-corrected chi connectivity index (χ2v) is 6.16. The molecule has 0 radical (unpaired) electrons. The molecule has 0 saturated carbocycles. The molecule has 0 N–H and O–H groups in total. The van der Waals surface area contributed by atoms with Crippen LogP contribution in [0.2, 0.25) is 0 Å². The zero-order valence-corrected chi connectivity index (χ0v) is 14.5. The molecule has 1 atom stereocenters. The minimum Gasteiger partial charge on any atom is -0.496 e. The Morgan fingerprint density at radius 3 is 2.44 bits per heavy atom. The molecule has 1 aliphatic heterocycles. The molecule has 128 valence electrons. The number of amides is 1. The van der Waals surface area contributed by atoms with Crippen LogP contribution in [-0.4, -0.2) is 36.1 Å². The van der Waals surface area contributed by atoms with Crippen molar-refractivity contribution in [3.8, 4) is 5.75 Å². The number of rotatable bonds is 5. The van der Waals surface area contributed by atoms with Crippen LogP contribution in [0.25, 0.3) is 0 Å². The number of hydrogen-bond donors (Lipinski definition) is 0. The van der Waals surface area contributed by atoms with E-state index in [1.807, 2.05) is 37.3 Å². The fourth-order valence-electron chi connectivity index (χ4n) is 3.07. The van der Waals surface area contributed by atoms with Crippen LogP contribution >= 0.6 is 0 Å². The zero-order chi connectivity index (χ0) is 18.0. The Labute approximate surface area is 146 Å². The number of carbonyl (C=O) groups is 2. The number of hydrogen-bond acceptors (Lipinski definition) is 4. The number of para-hydroxylation sites is 1. The van der Waals surface area contributed by atoms with Gasteiger partial charge in [-0.15, -0.1) is 0 Å². The smallest absolute Gasteiger partial charge is 0.259 e. The summed E-state index contributed by atoms with van der Waals surface area (Å²) in [4.78, 5) is 25.5. The minimum absolute atomic E-state index is 0.0784. The van der Waals surface area contributed by atoms with E-state index < -0.39 is 5.41 Å². The van der Waals surface area contributed by atoms with Crippen LogP contribution in [0.3, 0.4) is 0 Å². The first-order valence-electron chi connectivity index (χ1n) is 8.08. The Balaban J connectivity index is 1.90. The molecule has 5 nitrogen and oxygen atoms in total. The number of hydrazone groups is 1. The average molecular weight is 336 g/mol. The molecular weight excluding hydrogens is 316 g/mol. The molecular formula is C20H20N2O3. The van der Waals surface area contributed by atoms with Gasteiger partial charge in [-0.3, -0.25) is 9.59 Å². The highest BCUT2D eigenvalue weighted by atomic mass is 16.5. The van der Waals surface area contributed by atoms with Crippen molar-refractivity contribution in [2.24, 2.45) is 5.10 Å². The van der Waals surface area contributed by atoms with E-state index in [-0.39, 0.29) is 18.2 Å². The summed E-state index contributed by atoms with van der Waals surface area (Å²) in [5.74, 6) is 0.262. The molecule has 3 rings (SSSR count). The standard InChI is InChI=1S/C20H20N2O3/c1-14-20(2,16-11-7-8-12-18(16)25-3)19(24)22(21-14)13-17(23)15-9-5-4-6-10-15/h4-12H,13H2,1-3H3. The van der Waals surface area contributed by atoms with E-state index in [4.69, 9.17) is 4.74 Å². The Hall–Kier alpha value is -2.95. The SMILES string of the molecule is COc1ccccc1C1(C)C(=O)N(CC(=O)c2ccccc2)N=C1C. The number of ether oxygens (including phenoxy) is 1. The first-order chi connectivity index (χ1) is 12.0. The highest BCUT2D eigenvalue weighted by Gasteiger charge is 2.48. The zero-order valence-electron chi connectivity index (χ0n) is 14.5. The molecule has 2 aromatic carbocycles. The van der Waals surface area contributed by atoms with Crippen LogP contribution in [0.5, 0.6) is 5.75 Å². The molecule has 0 saturated heterocycles. The summed E-state index contributed by atoms with van der Waals surface area (Å²) in [5.41, 5.74) is 1.01. The molecule has 2 aromatic rings. The van der Waals surface area contributed by atoms with E-state index in [2.05, 4.69) is 5.10 Å². The number of nitrogens with zero attached hydrogens (tertiary/aromatic N) is 2. The Morgan fingerprint density at radius 1 is 1.12 bits per heavy atom. The number of methoxy groups -OCH3 is 1. The van der Waals surface area contributed by atoms with E-state index in [0.717, 1.165) is 5.56 Å². The molecule has 1 heterocycles. The monoisotopic (exact) mass is 336 g/mol. The van der Waals surface area contributed by atoms with Crippen LogP contribution in [0.1, 0.15) is 29.8 Å². The molecule has 1 amide bonds. The first kappa shape index (κ1) is 16.9. The summed E-state index contributed by atoms with van der Waals surface area (Å²) in [6.45, 7) is 3.54. The van der Waals surface area contributed by atoms with E-state index in [1.165, 1.54) is 5.01 Å². The number of ketones is 1. The van der Waals surface area contributed by atoms with Crippen molar-refractivity contribution in [2.75, 3.05) is 13.7 Å². The van der Waals surface area contributed by atoms with Crippen molar-refractivity contribution in [3.63, 3.8) is 0 Å². The Bertz CT molecular complexity index is 845. The predicted octanol–water partition coefficient (Wildman–Crippen LogP) is 3.05. The molecule has 1 aliphatic rings. The van der Waals surface area contributed by atoms with Gasteiger partial charge >= 0.3 is 0 Å². The van der Waals surface area contributed by atoms with Crippen molar-refractivity contribution in [2.45, 2.75) is 19.3 Å². The van der Waals surface area contributed by atoms with Crippen LogP contribution in [0, 0.1) is 0 Å². The van der Waals surface area contributed by atoms with Crippen molar-refractivity contribution >= 4 is 17.4 Å². The van der Waals surface area contributed by atoms with Gasteiger partial charge in [-0.05, 0) is 19.9 Å². The average Bonchev–Trinajstić information content (AvgIpc) is 2.86. The van der Waals surface area contributed by atoms with Gasteiger partial charge in [0, 0.05) is 11.1 Å². The van der Waals surface area contributed by atoms with Gasteiger partial charge in [-0.1, -0.05) is 48.5 Å².